The average molecular weight is 241 g/mol. The molecule has 0 N–H and O–H groups in total. The van der Waals surface area contributed by atoms with Crippen LogP contribution < -0.4 is 0 Å². The Morgan fingerprint density at radius 2 is 2.19 bits per heavy atom. The third-order valence-electron chi connectivity index (χ3n) is 2.62. The van der Waals surface area contributed by atoms with Crippen molar-refractivity contribution in [3.8, 4) is 6.07 Å². The van der Waals surface area contributed by atoms with Crippen molar-refractivity contribution in [2.75, 3.05) is 13.1 Å². The minimum atomic E-state index is 0.416. The molecule has 5 heteroatoms. The number of nitrogens with zero attached hydrogens (tertiary/aromatic N) is 4. The second kappa shape index (κ2) is 5.88. The van der Waals surface area contributed by atoms with E-state index in [2.05, 4.69) is 11.2 Å². The molecule has 0 aromatic carbocycles. The quantitative estimate of drug-likeness (QED) is 0.740. The molecular weight excluding hydrogens is 224 g/mol. The Labute approximate surface area is 101 Å². The molecule has 0 spiro atoms. The van der Waals surface area contributed by atoms with Crippen molar-refractivity contribution in [3.63, 3.8) is 0 Å². The second-order valence-corrected chi connectivity index (χ2v) is 4.02. The van der Waals surface area contributed by atoms with Crippen molar-refractivity contribution in [1.82, 2.24) is 14.7 Å². The van der Waals surface area contributed by atoms with Gasteiger partial charge in [0.25, 0.3) is 0 Å². The summed E-state index contributed by atoms with van der Waals surface area (Å²) in [5, 5.41) is 13.8. The van der Waals surface area contributed by atoms with E-state index >= 15 is 0 Å². The summed E-state index contributed by atoms with van der Waals surface area (Å²) in [6.07, 6.45) is 0.830. The fourth-order valence-electron chi connectivity index (χ4n) is 1.58. The zero-order valence-electron chi connectivity index (χ0n) is 10.00. The number of hydrogen-bond acceptors (Lipinski definition) is 3. The molecule has 0 atom stereocenters. The molecule has 88 valence electrons. The van der Waals surface area contributed by atoms with Crippen molar-refractivity contribution in [1.29, 1.82) is 5.26 Å². The van der Waals surface area contributed by atoms with Gasteiger partial charge in [0.05, 0.1) is 29.0 Å². The minimum absolute atomic E-state index is 0.416. The van der Waals surface area contributed by atoms with Gasteiger partial charge in [0.15, 0.2) is 0 Å². The molecule has 0 radical (unpaired) electrons. The van der Waals surface area contributed by atoms with Gasteiger partial charge < -0.3 is 0 Å². The Bertz CT molecular complexity index is 391. The zero-order valence-corrected chi connectivity index (χ0v) is 10.8. The molecule has 0 aliphatic heterocycles. The molecule has 0 bridgehead atoms. The lowest BCUT2D eigenvalue weighted by molar-refractivity contribution is 0.305. The SMILES string of the molecule is CCc1nn(C)c(CN(CC)CC#N)c1Cl. The number of nitriles is 1. The number of rotatable bonds is 5. The lowest BCUT2D eigenvalue weighted by Crippen LogP contribution is -2.24. The minimum Gasteiger partial charge on any atom is -0.285 e. The first kappa shape index (κ1) is 13.0. The monoisotopic (exact) mass is 240 g/mol. The van der Waals surface area contributed by atoms with Gasteiger partial charge in [-0.1, -0.05) is 25.4 Å². The molecule has 0 aliphatic rings. The van der Waals surface area contributed by atoms with Gasteiger partial charge in [0, 0.05) is 13.6 Å². The number of aromatic nitrogens is 2. The van der Waals surface area contributed by atoms with E-state index < -0.39 is 0 Å². The molecule has 16 heavy (non-hydrogen) atoms. The van der Waals surface area contributed by atoms with E-state index in [1.807, 2.05) is 25.8 Å². The van der Waals surface area contributed by atoms with Crippen LogP contribution in [0, 0.1) is 11.3 Å². The fourth-order valence-corrected chi connectivity index (χ4v) is 1.94. The van der Waals surface area contributed by atoms with Crippen LogP contribution in [0.15, 0.2) is 0 Å². The van der Waals surface area contributed by atoms with Crippen LogP contribution in [0.4, 0.5) is 0 Å². The van der Waals surface area contributed by atoms with Gasteiger partial charge in [-0.15, -0.1) is 0 Å². The summed E-state index contributed by atoms with van der Waals surface area (Å²) in [7, 11) is 1.89. The Morgan fingerprint density at radius 3 is 2.62 bits per heavy atom. The largest absolute Gasteiger partial charge is 0.285 e. The molecule has 0 unspecified atom stereocenters. The van der Waals surface area contributed by atoms with Crippen molar-refractivity contribution >= 4 is 11.6 Å². The van der Waals surface area contributed by atoms with Crippen LogP contribution >= 0.6 is 11.6 Å². The van der Waals surface area contributed by atoms with Gasteiger partial charge in [-0.25, -0.2) is 0 Å². The summed E-state index contributed by atoms with van der Waals surface area (Å²) in [6.45, 7) is 5.98. The van der Waals surface area contributed by atoms with Gasteiger partial charge in [-0.2, -0.15) is 10.4 Å². The van der Waals surface area contributed by atoms with Crippen LogP contribution in [0.3, 0.4) is 0 Å². The normalized spacial score (nSPS) is 10.8. The molecule has 1 heterocycles. The van der Waals surface area contributed by atoms with Gasteiger partial charge in [-0.3, -0.25) is 9.58 Å². The van der Waals surface area contributed by atoms with Crippen LogP contribution in [-0.4, -0.2) is 27.8 Å². The van der Waals surface area contributed by atoms with Crippen LogP contribution in [0.2, 0.25) is 5.02 Å². The standard InChI is InChI=1S/C11H17ClN4/c1-4-9-11(12)10(15(3)14-9)8-16(5-2)7-6-13/h4-5,7-8H2,1-3H3. The number of halogens is 1. The van der Waals surface area contributed by atoms with E-state index in [-0.39, 0.29) is 0 Å². The fraction of sp³-hybridized carbons (Fsp3) is 0.636. The lowest BCUT2D eigenvalue weighted by atomic mass is 10.3. The molecule has 0 fully saturated rings. The summed E-state index contributed by atoms with van der Waals surface area (Å²) in [4.78, 5) is 2.03. The summed E-state index contributed by atoms with van der Waals surface area (Å²) in [5.74, 6) is 0. The highest BCUT2D eigenvalue weighted by molar-refractivity contribution is 6.31. The maximum Gasteiger partial charge on any atom is 0.0869 e. The molecule has 1 aromatic heterocycles. The Morgan fingerprint density at radius 1 is 1.50 bits per heavy atom. The smallest absolute Gasteiger partial charge is 0.0869 e. The lowest BCUT2D eigenvalue weighted by Gasteiger charge is -2.16. The van der Waals surface area contributed by atoms with Crippen molar-refractivity contribution in [3.05, 3.63) is 16.4 Å². The number of aryl methyl sites for hydroxylation is 2. The second-order valence-electron chi connectivity index (χ2n) is 3.65. The van der Waals surface area contributed by atoms with Crippen LogP contribution in [0.1, 0.15) is 25.2 Å². The summed E-state index contributed by atoms with van der Waals surface area (Å²) in [5.41, 5.74) is 1.91. The molecule has 0 aliphatic carbocycles. The molecule has 0 saturated heterocycles. The molecule has 0 saturated carbocycles. The van der Waals surface area contributed by atoms with Gasteiger partial charge in [0.1, 0.15) is 0 Å². The first-order valence-electron chi connectivity index (χ1n) is 5.43. The highest BCUT2D eigenvalue weighted by Gasteiger charge is 2.15. The van der Waals surface area contributed by atoms with Gasteiger partial charge in [0.2, 0.25) is 0 Å². The third kappa shape index (κ3) is 2.75. The Hall–Kier alpha value is -1.05. The topological polar surface area (TPSA) is 44.9 Å². The average Bonchev–Trinajstić information content (AvgIpc) is 2.55. The molecule has 0 amide bonds. The van der Waals surface area contributed by atoms with E-state index in [0.717, 1.165) is 29.4 Å². The van der Waals surface area contributed by atoms with Crippen LogP contribution in [0.25, 0.3) is 0 Å². The third-order valence-corrected chi connectivity index (χ3v) is 3.05. The van der Waals surface area contributed by atoms with E-state index in [1.54, 1.807) is 4.68 Å². The first-order chi connectivity index (χ1) is 7.63. The summed E-state index contributed by atoms with van der Waals surface area (Å²) < 4.78 is 1.81. The maximum atomic E-state index is 8.69. The molecule has 1 rings (SSSR count). The Balaban J connectivity index is 2.88. The number of hydrogen-bond donors (Lipinski definition) is 0. The van der Waals surface area contributed by atoms with E-state index in [9.17, 15) is 0 Å². The Kier molecular flexibility index (Phi) is 4.78. The van der Waals surface area contributed by atoms with E-state index in [4.69, 9.17) is 16.9 Å². The summed E-state index contributed by atoms with van der Waals surface area (Å²) >= 11 is 6.24. The van der Waals surface area contributed by atoms with Crippen LogP contribution in [-0.2, 0) is 20.0 Å². The van der Waals surface area contributed by atoms with E-state index in [0.29, 0.717) is 13.1 Å². The zero-order chi connectivity index (χ0) is 12.1. The van der Waals surface area contributed by atoms with Crippen LogP contribution in [0.5, 0.6) is 0 Å². The first-order valence-corrected chi connectivity index (χ1v) is 5.81. The highest BCUT2D eigenvalue weighted by Crippen LogP contribution is 2.21. The highest BCUT2D eigenvalue weighted by atomic mass is 35.5. The van der Waals surface area contributed by atoms with Crippen molar-refractivity contribution in [2.24, 2.45) is 7.05 Å². The van der Waals surface area contributed by atoms with Gasteiger partial charge in [-0.05, 0) is 13.0 Å². The van der Waals surface area contributed by atoms with Crippen molar-refractivity contribution in [2.45, 2.75) is 26.8 Å². The van der Waals surface area contributed by atoms with Gasteiger partial charge >= 0.3 is 0 Å². The van der Waals surface area contributed by atoms with E-state index in [1.165, 1.54) is 0 Å². The molecular formula is C11H17ClN4. The predicted octanol–water partition coefficient (Wildman–Crippen LogP) is 1.98. The van der Waals surface area contributed by atoms with Crippen molar-refractivity contribution < 1.29 is 0 Å². The summed E-state index contributed by atoms with van der Waals surface area (Å²) in [6, 6.07) is 2.15. The molecule has 4 nitrogen and oxygen atoms in total. The molecule has 1 aromatic rings. The predicted molar refractivity (Wildman–Crippen MR) is 64.2 cm³/mol. The maximum absolute atomic E-state index is 8.69.